The molecule has 0 bridgehead atoms. The Labute approximate surface area is 107 Å². The Morgan fingerprint density at radius 1 is 1.41 bits per heavy atom. The van der Waals surface area contributed by atoms with Crippen LogP contribution in [0.25, 0.3) is 0 Å². The van der Waals surface area contributed by atoms with E-state index in [4.69, 9.17) is 33.0 Å². The van der Waals surface area contributed by atoms with E-state index >= 15 is 0 Å². The number of carbonyl (C=O) groups is 2. The molecule has 0 aliphatic heterocycles. The number of methoxy groups -OCH3 is 1. The summed E-state index contributed by atoms with van der Waals surface area (Å²) in [6.07, 6.45) is 0. The van der Waals surface area contributed by atoms with Crippen molar-refractivity contribution in [1.82, 2.24) is 0 Å². The fourth-order valence-corrected chi connectivity index (χ4v) is 1.88. The number of rotatable bonds is 3. The first kappa shape index (κ1) is 13.6. The van der Waals surface area contributed by atoms with Crippen molar-refractivity contribution in [3.05, 3.63) is 21.7 Å². The second-order valence-electron chi connectivity index (χ2n) is 3.11. The van der Waals surface area contributed by atoms with Gasteiger partial charge in [-0.3, -0.25) is 4.79 Å². The van der Waals surface area contributed by atoms with Crippen molar-refractivity contribution in [1.29, 1.82) is 0 Å². The van der Waals surface area contributed by atoms with Crippen LogP contribution in [0.1, 0.15) is 17.3 Å². The van der Waals surface area contributed by atoms with Crippen LogP contribution in [0.2, 0.25) is 10.0 Å². The third kappa shape index (κ3) is 2.81. The number of aromatic carboxylic acids is 1. The summed E-state index contributed by atoms with van der Waals surface area (Å²) >= 11 is 11.8. The minimum atomic E-state index is -1.22. The van der Waals surface area contributed by atoms with Gasteiger partial charge in [0.15, 0.2) is 5.75 Å². The predicted molar refractivity (Wildman–Crippen MR) is 64.3 cm³/mol. The number of carboxylic acid groups (broad SMARTS) is 1. The van der Waals surface area contributed by atoms with E-state index in [1.54, 1.807) is 0 Å². The van der Waals surface area contributed by atoms with Crippen LogP contribution in [0.5, 0.6) is 5.75 Å². The summed E-state index contributed by atoms with van der Waals surface area (Å²) in [6.45, 7) is 1.28. The van der Waals surface area contributed by atoms with E-state index in [2.05, 4.69) is 5.32 Å². The van der Waals surface area contributed by atoms with Crippen molar-refractivity contribution in [3.8, 4) is 5.75 Å². The molecule has 0 unspecified atom stereocenters. The van der Waals surface area contributed by atoms with Crippen LogP contribution >= 0.6 is 23.2 Å². The van der Waals surface area contributed by atoms with Crippen LogP contribution in [0.4, 0.5) is 5.69 Å². The van der Waals surface area contributed by atoms with E-state index in [0.717, 1.165) is 0 Å². The van der Waals surface area contributed by atoms with Crippen molar-refractivity contribution in [3.63, 3.8) is 0 Å². The molecule has 0 aliphatic carbocycles. The number of nitrogens with one attached hydrogen (secondary N) is 1. The lowest BCUT2D eigenvalue weighted by Crippen LogP contribution is -2.09. The molecule has 92 valence electrons. The zero-order valence-electron chi connectivity index (χ0n) is 9.01. The van der Waals surface area contributed by atoms with Crippen molar-refractivity contribution in [2.45, 2.75) is 6.92 Å². The summed E-state index contributed by atoms with van der Waals surface area (Å²) in [5.41, 5.74) is -0.0423. The molecule has 2 N–H and O–H groups in total. The number of halogens is 2. The smallest absolute Gasteiger partial charge is 0.339 e. The lowest BCUT2D eigenvalue weighted by molar-refractivity contribution is -0.114. The molecule has 1 aromatic rings. The third-order valence-electron chi connectivity index (χ3n) is 1.91. The monoisotopic (exact) mass is 277 g/mol. The van der Waals surface area contributed by atoms with Gasteiger partial charge in [-0.25, -0.2) is 4.79 Å². The molecule has 0 radical (unpaired) electrons. The molecule has 1 rings (SSSR count). The quantitative estimate of drug-likeness (QED) is 0.891. The molecular formula is C10H9Cl2NO4. The van der Waals surface area contributed by atoms with Gasteiger partial charge in [-0.05, 0) is 6.07 Å². The molecule has 0 atom stereocenters. The van der Waals surface area contributed by atoms with E-state index in [1.807, 2.05) is 0 Å². The number of benzene rings is 1. The SMILES string of the molecule is COc1c(C(=O)O)cc(Cl)c(NC(C)=O)c1Cl. The topological polar surface area (TPSA) is 75.6 Å². The molecule has 0 aliphatic rings. The molecule has 5 nitrogen and oxygen atoms in total. The van der Waals surface area contributed by atoms with Gasteiger partial charge < -0.3 is 15.2 Å². The zero-order chi connectivity index (χ0) is 13.2. The summed E-state index contributed by atoms with van der Waals surface area (Å²) in [6, 6.07) is 1.17. The highest BCUT2D eigenvalue weighted by atomic mass is 35.5. The second-order valence-corrected chi connectivity index (χ2v) is 3.90. The van der Waals surface area contributed by atoms with Gasteiger partial charge in [-0.15, -0.1) is 0 Å². The maximum absolute atomic E-state index is 11.0. The lowest BCUT2D eigenvalue weighted by atomic mass is 10.1. The summed E-state index contributed by atoms with van der Waals surface area (Å²) < 4.78 is 4.89. The van der Waals surface area contributed by atoms with Crippen LogP contribution in [0, 0.1) is 0 Å². The van der Waals surface area contributed by atoms with E-state index in [0.29, 0.717) is 0 Å². The van der Waals surface area contributed by atoms with Gasteiger partial charge in [-0.1, -0.05) is 23.2 Å². The van der Waals surface area contributed by atoms with Crippen LogP contribution in [0.15, 0.2) is 6.07 Å². The van der Waals surface area contributed by atoms with Crippen LogP contribution in [-0.2, 0) is 4.79 Å². The van der Waals surface area contributed by atoms with Gasteiger partial charge >= 0.3 is 5.97 Å². The first-order valence-electron chi connectivity index (χ1n) is 4.45. The van der Waals surface area contributed by atoms with Crippen LogP contribution < -0.4 is 10.1 Å². The molecule has 0 saturated carbocycles. The molecule has 0 saturated heterocycles. The molecular weight excluding hydrogens is 269 g/mol. The number of anilines is 1. The number of carbonyl (C=O) groups excluding carboxylic acids is 1. The first-order chi connectivity index (χ1) is 7.88. The standard InChI is InChI=1S/C10H9Cl2NO4/c1-4(14)13-8-6(11)3-5(10(15)16)9(17-2)7(8)12/h3H,1-2H3,(H,13,14)(H,15,16). The van der Waals surface area contributed by atoms with Gasteiger partial charge in [0, 0.05) is 6.92 Å². The van der Waals surface area contributed by atoms with E-state index in [1.165, 1.54) is 20.1 Å². The van der Waals surface area contributed by atoms with Crippen molar-refractivity contribution < 1.29 is 19.4 Å². The highest BCUT2D eigenvalue weighted by Crippen LogP contribution is 2.40. The Morgan fingerprint density at radius 2 is 2.00 bits per heavy atom. The van der Waals surface area contributed by atoms with E-state index in [-0.39, 0.29) is 33.0 Å². The molecule has 17 heavy (non-hydrogen) atoms. The molecule has 1 amide bonds. The van der Waals surface area contributed by atoms with Crippen molar-refractivity contribution >= 4 is 40.8 Å². The largest absolute Gasteiger partial charge is 0.494 e. The average molecular weight is 278 g/mol. The van der Waals surface area contributed by atoms with E-state index in [9.17, 15) is 9.59 Å². The molecule has 0 spiro atoms. The lowest BCUT2D eigenvalue weighted by Gasteiger charge is -2.13. The molecule has 0 heterocycles. The molecule has 0 fully saturated rings. The van der Waals surface area contributed by atoms with Gasteiger partial charge in [0.1, 0.15) is 10.6 Å². The Morgan fingerprint density at radius 3 is 2.41 bits per heavy atom. The highest BCUT2D eigenvalue weighted by molar-refractivity contribution is 6.41. The number of carboxylic acids is 1. The maximum atomic E-state index is 11.0. The zero-order valence-corrected chi connectivity index (χ0v) is 10.5. The number of amides is 1. The predicted octanol–water partition coefficient (Wildman–Crippen LogP) is 2.66. The van der Waals surface area contributed by atoms with E-state index < -0.39 is 5.97 Å². The fourth-order valence-electron chi connectivity index (χ4n) is 1.25. The highest BCUT2D eigenvalue weighted by Gasteiger charge is 2.21. The Balaban J connectivity index is 3.46. The summed E-state index contributed by atoms with van der Waals surface area (Å²) in [5, 5.41) is 11.3. The average Bonchev–Trinajstić information content (AvgIpc) is 2.23. The van der Waals surface area contributed by atoms with Crippen LogP contribution in [0.3, 0.4) is 0 Å². The van der Waals surface area contributed by atoms with Crippen molar-refractivity contribution in [2.24, 2.45) is 0 Å². The molecule has 7 heteroatoms. The van der Waals surface area contributed by atoms with Gasteiger partial charge in [0.25, 0.3) is 0 Å². The Kier molecular flexibility index (Phi) is 4.20. The minimum Gasteiger partial charge on any atom is -0.494 e. The first-order valence-corrected chi connectivity index (χ1v) is 5.21. The summed E-state index contributed by atoms with van der Waals surface area (Å²) in [7, 11) is 1.28. The minimum absolute atomic E-state index is 0.0309. The third-order valence-corrected chi connectivity index (χ3v) is 2.57. The normalized spacial score (nSPS) is 9.88. The Bertz CT molecular complexity index is 488. The number of hydrogen-bond acceptors (Lipinski definition) is 3. The van der Waals surface area contributed by atoms with Gasteiger partial charge in [-0.2, -0.15) is 0 Å². The molecule has 0 aromatic heterocycles. The molecule has 1 aromatic carbocycles. The van der Waals surface area contributed by atoms with Crippen LogP contribution in [-0.4, -0.2) is 24.1 Å². The summed E-state index contributed by atoms with van der Waals surface area (Å²) in [5.74, 6) is -1.65. The summed E-state index contributed by atoms with van der Waals surface area (Å²) in [4.78, 5) is 21.9. The Hall–Kier alpha value is -1.46. The second kappa shape index (κ2) is 5.25. The van der Waals surface area contributed by atoms with Gasteiger partial charge in [0.05, 0.1) is 17.8 Å². The maximum Gasteiger partial charge on any atom is 0.339 e. The number of ether oxygens (including phenoxy) is 1. The number of hydrogen-bond donors (Lipinski definition) is 2. The fraction of sp³-hybridized carbons (Fsp3) is 0.200. The van der Waals surface area contributed by atoms with Crippen molar-refractivity contribution in [2.75, 3.05) is 12.4 Å². The van der Waals surface area contributed by atoms with Gasteiger partial charge in [0.2, 0.25) is 5.91 Å².